The Hall–Kier alpha value is -2.21. The first-order valence-electron chi connectivity index (χ1n) is 8.86. The fraction of sp³-hybridized carbons (Fsp3) is 0.400. The third-order valence-electron chi connectivity index (χ3n) is 4.53. The number of thiophene rings is 1. The fourth-order valence-corrected chi connectivity index (χ4v) is 4.24. The van der Waals surface area contributed by atoms with E-state index in [1.54, 1.807) is 19.1 Å². The van der Waals surface area contributed by atoms with Crippen LogP contribution in [0.3, 0.4) is 0 Å². The van der Waals surface area contributed by atoms with Crippen molar-refractivity contribution < 1.29 is 18.7 Å². The van der Waals surface area contributed by atoms with Gasteiger partial charge in [-0.2, -0.15) is 0 Å². The maximum atomic E-state index is 12.9. The largest absolute Gasteiger partial charge is 0.451 e. The molecule has 0 saturated carbocycles. The number of carbonyl (C=O) groups is 2. The maximum absolute atomic E-state index is 12.9. The summed E-state index contributed by atoms with van der Waals surface area (Å²) in [7, 11) is 0. The van der Waals surface area contributed by atoms with Gasteiger partial charge >= 0.3 is 5.97 Å². The van der Waals surface area contributed by atoms with Crippen molar-refractivity contribution in [1.29, 1.82) is 0 Å². The number of nitrogens with one attached hydrogen (secondary N) is 1. The van der Waals surface area contributed by atoms with Gasteiger partial charge in [-0.25, -0.2) is 9.18 Å². The molecule has 6 heteroatoms. The minimum Gasteiger partial charge on any atom is -0.451 e. The summed E-state index contributed by atoms with van der Waals surface area (Å²) in [5, 5.41) is 2.74. The molecule has 2 aromatic rings. The van der Waals surface area contributed by atoms with E-state index in [4.69, 9.17) is 4.74 Å². The molecule has 1 aromatic carbocycles. The molecule has 1 aliphatic rings. The lowest BCUT2D eigenvalue weighted by Gasteiger charge is -2.14. The van der Waals surface area contributed by atoms with Gasteiger partial charge in [-0.05, 0) is 61.9 Å². The Kier molecular flexibility index (Phi) is 6.04. The van der Waals surface area contributed by atoms with Crippen LogP contribution in [0.1, 0.15) is 57.9 Å². The SMILES string of the molecule is CC(NC(=O)COC(=O)c1cc2c(s1)CCCCC2)c1ccc(F)cc1. The van der Waals surface area contributed by atoms with Crippen LogP contribution in [0.25, 0.3) is 0 Å². The number of amides is 1. The number of hydrogen-bond acceptors (Lipinski definition) is 4. The Morgan fingerprint density at radius 3 is 2.69 bits per heavy atom. The van der Waals surface area contributed by atoms with Crippen LogP contribution in [0.15, 0.2) is 30.3 Å². The van der Waals surface area contributed by atoms with Crippen molar-refractivity contribution in [3.8, 4) is 0 Å². The predicted molar refractivity (Wildman–Crippen MR) is 98.8 cm³/mol. The summed E-state index contributed by atoms with van der Waals surface area (Å²) in [5.41, 5.74) is 2.03. The summed E-state index contributed by atoms with van der Waals surface area (Å²) in [6.07, 6.45) is 5.57. The zero-order valence-corrected chi connectivity index (χ0v) is 15.5. The number of carbonyl (C=O) groups excluding carboxylic acids is 2. The lowest BCUT2D eigenvalue weighted by molar-refractivity contribution is -0.124. The zero-order chi connectivity index (χ0) is 18.5. The monoisotopic (exact) mass is 375 g/mol. The van der Waals surface area contributed by atoms with Crippen molar-refractivity contribution >= 4 is 23.2 Å². The van der Waals surface area contributed by atoms with E-state index in [1.165, 1.54) is 40.3 Å². The first-order valence-corrected chi connectivity index (χ1v) is 9.68. The van der Waals surface area contributed by atoms with Crippen LogP contribution >= 0.6 is 11.3 Å². The normalized spacial score (nSPS) is 14.8. The third-order valence-corrected chi connectivity index (χ3v) is 5.75. The molecule has 1 N–H and O–H groups in total. The van der Waals surface area contributed by atoms with Gasteiger partial charge in [-0.1, -0.05) is 18.6 Å². The molecule has 26 heavy (non-hydrogen) atoms. The molecule has 1 aliphatic carbocycles. The molecule has 1 aromatic heterocycles. The minimum absolute atomic E-state index is 0.292. The van der Waals surface area contributed by atoms with Crippen molar-refractivity contribution in [2.75, 3.05) is 6.61 Å². The number of hydrogen-bond donors (Lipinski definition) is 1. The van der Waals surface area contributed by atoms with Gasteiger partial charge in [-0.15, -0.1) is 11.3 Å². The topological polar surface area (TPSA) is 55.4 Å². The van der Waals surface area contributed by atoms with Gasteiger partial charge in [0.25, 0.3) is 5.91 Å². The molecule has 3 rings (SSSR count). The molecule has 1 heterocycles. The van der Waals surface area contributed by atoms with Gasteiger partial charge in [0.05, 0.1) is 6.04 Å². The molecule has 0 saturated heterocycles. The molecule has 0 spiro atoms. The Labute approximate surface area is 156 Å². The van der Waals surface area contributed by atoms with Gasteiger partial charge in [0, 0.05) is 4.88 Å². The molecule has 138 valence electrons. The van der Waals surface area contributed by atoms with E-state index in [0.717, 1.165) is 31.2 Å². The van der Waals surface area contributed by atoms with E-state index < -0.39 is 5.97 Å². The summed E-state index contributed by atoms with van der Waals surface area (Å²) in [6.45, 7) is 1.47. The Morgan fingerprint density at radius 1 is 1.19 bits per heavy atom. The van der Waals surface area contributed by atoms with E-state index in [0.29, 0.717) is 4.88 Å². The number of benzene rings is 1. The smallest absolute Gasteiger partial charge is 0.348 e. The van der Waals surface area contributed by atoms with Gasteiger partial charge < -0.3 is 10.1 Å². The minimum atomic E-state index is -0.451. The molecule has 1 unspecified atom stereocenters. The number of rotatable bonds is 5. The van der Waals surface area contributed by atoms with Crippen molar-refractivity contribution in [3.63, 3.8) is 0 Å². The summed E-state index contributed by atoms with van der Waals surface area (Å²) < 4.78 is 18.1. The molecule has 0 aliphatic heterocycles. The average Bonchev–Trinajstić information content (AvgIpc) is 2.91. The summed E-state index contributed by atoms with van der Waals surface area (Å²) in [6, 6.07) is 7.54. The molecule has 0 bridgehead atoms. The van der Waals surface area contributed by atoms with Crippen LogP contribution in [-0.2, 0) is 22.4 Å². The van der Waals surface area contributed by atoms with E-state index >= 15 is 0 Å². The Morgan fingerprint density at radius 2 is 1.92 bits per heavy atom. The second-order valence-corrected chi connectivity index (χ2v) is 7.67. The van der Waals surface area contributed by atoms with Crippen molar-refractivity contribution in [1.82, 2.24) is 5.32 Å². The third kappa shape index (κ3) is 4.69. The van der Waals surface area contributed by atoms with Gasteiger partial charge in [0.15, 0.2) is 6.61 Å². The number of esters is 1. The average molecular weight is 375 g/mol. The lowest BCUT2D eigenvalue weighted by atomic mass is 10.1. The number of halogens is 1. The van der Waals surface area contributed by atoms with Crippen LogP contribution in [0.2, 0.25) is 0 Å². The van der Waals surface area contributed by atoms with Gasteiger partial charge in [0.1, 0.15) is 10.7 Å². The van der Waals surface area contributed by atoms with Crippen molar-refractivity contribution in [2.45, 2.75) is 45.1 Å². The van der Waals surface area contributed by atoms with Crippen LogP contribution in [-0.4, -0.2) is 18.5 Å². The highest BCUT2D eigenvalue weighted by Crippen LogP contribution is 2.29. The van der Waals surface area contributed by atoms with E-state index in [1.807, 2.05) is 6.07 Å². The molecular formula is C20H22FNO3S. The lowest BCUT2D eigenvalue weighted by Crippen LogP contribution is -2.31. The van der Waals surface area contributed by atoms with Crippen LogP contribution in [0.5, 0.6) is 0 Å². The summed E-state index contributed by atoms with van der Waals surface area (Å²) in [4.78, 5) is 26.1. The molecule has 0 fully saturated rings. The van der Waals surface area contributed by atoms with E-state index in [9.17, 15) is 14.0 Å². The second-order valence-electron chi connectivity index (χ2n) is 6.54. The standard InChI is InChI=1S/C20H22FNO3S/c1-13(14-7-9-16(21)10-8-14)22-19(23)12-25-20(24)18-11-15-5-3-2-4-6-17(15)26-18/h7-11,13H,2-6,12H2,1H3,(H,22,23). The highest BCUT2D eigenvalue weighted by atomic mass is 32.1. The molecule has 4 nitrogen and oxygen atoms in total. The van der Waals surface area contributed by atoms with Crippen LogP contribution < -0.4 is 5.32 Å². The van der Waals surface area contributed by atoms with Crippen LogP contribution in [0.4, 0.5) is 4.39 Å². The van der Waals surface area contributed by atoms with E-state index in [-0.39, 0.29) is 24.4 Å². The first-order chi connectivity index (χ1) is 12.5. The van der Waals surface area contributed by atoms with Crippen LogP contribution in [0, 0.1) is 5.82 Å². The van der Waals surface area contributed by atoms with E-state index in [2.05, 4.69) is 5.32 Å². The van der Waals surface area contributed by atoms with Gasteiger partial charge in [-0.3, -0.25) is 4.79 Å². The number of aryl methyl sites for hydroxylation is 2. The summed E-state index contributed by atoms with van der Waals surface area (Å²) in [5.74, 6) is -1.16. The molecule has 1 amide bonds. The highest BCUT2D eigenvalue weighted by molar-refractivity contribution is 7.14. The summed E-state index contributed by atoms with van der Waals surface area (Å²) >= 11 is 1.48. The number of ether oxygens (including phenoxy) is 1. The first kappa shape index (κ1) is 18.6. The Balaban J connectivity index is 1.51. The highest BCUT2D eigenvalue weighted by Gasteiger charge is 2.18. The van der Waals surface area contributed by atoms with Crippen molar-refractivity contribution in [3.05, 3.63) is 57.0 Å². The fourth-order valence-electron chi connectivity index (χ4n) is 3.09. The second kappa shape index (κ2) is 8.45. The van der Waals surface area contributed by atoms with Gasteiger partial charge in [0.2, 0.25) is 0 Å². The predicted octanol–water partition coefficient (Wildman–Crippen LogP) is 4.19. The molecule has 1 atom stereocenters. The zero-order valence-electron chi connectivity index (χ0n) is 14.7. The molecular weight excluding hydrogens is 353 g/mol. The molecule has 0 radical (unpaired) electrons. The number of fused-ring (bicyclic) bond motifs is 1. The maximum Gasteiger partial charge on any atom is 0.348 e. The Bertz CT molecular complexity index is 761. The quantitative estimate of drug-likeness (QED) is 0.630. The van der Waals surface area contributed by atoms with Crippen molar-refractivity contribution in [2.24, 2.45) is 0 Å².